The van der Waals surface area contributed by atoms with E-state index in [1.807, 2.05) is 0 Å². The summed E-state index contributed by atoms with van der Waals surface area (Å²) in [5.41, 5.74) is 6.31. The third-order valence-corrected chi connectivity index (χ3v) is 4.57. The standard InChI is InChI=1S/C13H27N3/c1-16-8-4-12(9-16)3-7-15-11-13(10-14)5-2-6-13/h12,15H,2-11,14H2,1H3. The molecule has 3 nitrogen and oxygen atoms in total. The minimum absolute atomic E-state index is 0.465. The number of nitrogens with zero attached hydrogens (tertiary/aromatic N) is 1. The van der Waals surface area contributed by atoms with E-state index in [9.17, 15) is 0 Å². The predicted octanol–water partition coefficient (Wildman–Crippen LogP) is 1.05. The van der Waals surface area contributed by atoms with Crippen LogP contribution in [0.4, 0.5) is 0 Å². The summed E-state index contributed by atoms with van der Waals surface area (Å²) in [5.74, 6) is 0.924. The maximum atomic E-state index is 5.84. The fraction of sp³-hybridized carbons (Fsp3) is 1.00. The van der Waals surface area contributed by atoms with Crippen molar-refractivity contribution in [2.75, 3.05) is 39.8 Å². The molecule has 0 bridgehead atoms. The van der Waals surface area contributed by atoms with Gasteiger partial charge in [-0.1, -0.05) is 6.42 Å². The normalized spacial score (nSPS) is 29.2. The zero-order valence-electron chi connectivity index (χ0n) is 10.7. The molecule has 1 aliphatic carbocycles. The molecule has 16 heavy (non-hydrogen) atoms. The Bertz CT molecular complexity index is 208. The molecule has 0 spiro atoms. The van der Waals surface area contributed by atoms with E-state index in [-0.39, 0.29) is 0 Å². The molecule has 0 aromatic carbocycles. The second kappa shape index (κ2) is 5.48. The monoisotopic (exact) mass is 225 g/mol. The molecule has 3 N–H and O–H groups in total. The van der Waals surface area contributed by atoms with Crippen molar-refractivity contribution in [1.29, 1.82) is 0 Å². The Balaban J connectivity index is 1.55. The van der Waals surface area contributed by atoms with Crippen LogP contribution in [-0.4, -0.2) is 44.7 Å². The highest BCUT2D eigenvalue weighted by Crippen LogP contribution is 2.39. The molecule has 0 amide bonds. The lowest BCUT2D eigenvalue weighted by atomic mass is 9.69. The lowest BCUT2D eigenvalue weighted by Gasteiger charge is -2.41. The number of likely N-dealkylation sites (tertiary alicyclic amines) is 1. The second-order valence-corrected chi connectivity index (χ2v) is 5.94. The zero-order valence-corrected chi connectivity index (χ0v) is 10.7. The van der Waals surface area contributed by atoms with Crippen LogP contribution in [-0.2, 0) is 0 Å². The van der Waals surface area contributed by atoms with E-state index in [1.54, 1.807) is 0 Å². The maximum absolute atomic E-state index is 5.84. The third kappa shape index (κ3) is 2.96. The van der Waals surface area contributed by atoms with Crippen molar-refractivity contribution in [2.24, 2.45) is 17.1 Å². The molecule has 0 aromatic heterocycles. The Kier molecular flexibility index (Phi) is 4.22. The number of hydrogen-bond acceptors (Lipinski definition) is 3. The van der Waals surface area contributed by atoms with Crippen molar-refractivity contribution in [2.45, 2.75) is 32.1 Å². The Labute approximate surface area is 99.8 Å². The first-order valence-corrected chi connectivity index (χ1v) is 6.83. The van der Waals surface area contributed by atoms with E-state index in [2.05, 4.69) is 17.3 Å². The van der Waals surface area contributed by atoms with E-state index in [4.69, 9.17) is 5.73 Å². The zero-order chi connectivity index (χ0) is 11.4. The minimum Gasteiger partial charge on any atom is -0.330 e. The van der Waals surface area contributed by atoms with Crippen LogP contribution in [0.2, 0.25) is 0 Å². The molecule has 0 radical (unpaired) electrons. The topological polar surface area (TPSA) is 41.3 Å². The molecular formula is C13H27N3. The van der Waals surface area contributed by atoms with Crippen LogP contribution in [0.25, 0.3) is 0 Å². The summed E-state index contributed by atoms with van der Waals surface area (Å²) < 4.78 is 0. The highest BCUT2D eigenvalue weighted by Gasteiger charge is 2.34. The van der Waals surface area contributed by atoms with Crippen LogP contribution in [0.3, 0.4) is 0 Å². The minimum atomic E-state index is 0.465. The molecule has 1 aliphatic heterocycles. The number of nitrogens with two attached hydrogens (primary N) is 1. The number of hydrogen-bond donors (Lipinski definition) is 2. The molecule has 1 heterocycles. The number of nitrogens with one attached hydrogen (secondary N) is 1. The molecule has 2 aliphatic rings. The van der Waals surface area contributed by atoms with Crippen LogP contribution >= 0.6 is 0 Å². The van der Waals surface area contributed by atoms with Gasteiger partial charge in [0, 0.05) is 13.1 Å². The fourth-order valence-corrected chi connectivity index (χ4v) is 3.05. The van der Waals surface area contributed by atoms with Gasteiger partial charge in [0.25, 0.3) is 0 Å². The summed E-state index contributed by atoms with van der Waals surface area (Å²) in [4.78, 5) is 2.44. The Morgan fingerprint density at radius 2 is 2.25 bits per heavy atom. The van der Waals surface area contributed by atoms with Gasteiger partial charge < -0.3 is 16.0 Å². The highest BCUT2D eigenvalue weighted by atomic mass is 15.1. The molecule has 94 valence electrons. The molecule has 1 atom stereocenters. The summed E-state index contributed by atoms with van der Waals surface area (Å²) in [7, 11) is 2.23. The Morgan fingerprint density at radius 1 is 1.44 bits per heavy atom. The first-order chi connectivity index (χ1) is 7.74. The van der Waals surface area contributed by atoms with Gasteiger partial charge in [-0.3, -0.25) is 0 Å². The van der Waals surface area contributed by atoms with Gasteiger partial charge in [-0.2, -0.15) is 0 Å². The summed E-state index contributed by atoms with van der Waals surface area (Å²) in [5, 5.41) is 3.62. The Morgan fingerprint density at radius 3 is 2.75 bits per heavy atom. The average molecular weight is 225 g/mol. The maximum Gasteiger partial charge on any atom is 0.00199 e. The second-order valence-electron chi connectivity index (χ2n) is 5.94. The number of rotatable bonds is 6. The third-order valence-electron chi connectivity index (χ3n) is 4.57. The van der Waals surface area contributed by atoms with Crippen molar-refractivity contribution < 1.29 is 0 Å². The molecule has 0 aromatic rings. The molecule has 1 saturated heterocycles. The fourth-order valence-electron chi connectivity index (χ4n) is 3.05. The first kappa shape index (κ1) is 12.3. The van der Waals surface area contributed by atoms with Crippen LogP contribution in [0.5, 0.6) is 0 Å². The van der Waals surface area contributed by atoms with E-state index >= 15 is 0 Å². The highest BCUT2D eigenvalue weighted by molar-refractivity contribution is 4.90. The van der Waals surface area contributed by atoms with Crippen LogP contribution in [0.1, 0.15) is 32.1 Å². The summed E-state index contributed by atoms with van der Waals surface area (Å²) in [6.07, 6.45) is 6.78. The van der Waals surface area contributed by atoms with Gasteiger partial charge in [-0.15, -0.1) is 0 Å². The van der Waals surface area contributed by atoms with Crippen LogP contribution < -0.4 is 11.1 Å². The van der Waals surface area contributed by atoms with E-state index in [1.165, 1.54) is 51.7 Å². The van der Waals surface area contributed by atoms with Crippen molar-refractivity contribution in [3.8, 4) is 0 Å². The van der Waals surface area contributed by atoms with E-state index < -0.39 is 0 Å². The van der Waals surface area contributed by atoms with E-state index in [0.717, 1.165) is 19.0 Å². The van der Waals surface area contributed by atoms with Gasteiger partial charge in [0.15, 0.2) is 0 Å². The lowest BCUT2D eigenvalue weighted by molar-refractivity contribution is 0.140. The van der Waals surface area contributed by atoms with Crippen molar-refractivity contribution in [3.63, 3.8) is 0 Å². The molecule has 1 saturated carbocycles. The lowest BCUT2D eigenvalue weighted by Crippen LogP contribution is -2.45. The average Bonchev–Trinajstić information content (AvgIpc) is 2.62. The largest absolute Gasteiger partial charge is 0.330 e. The smallest absolute Gasteiger partial charge is 0.00199 e. The van der Waals surface area contributed by atoms with Gasteiger partial charge in [-0.05, 0) is 63.7 Å². The summed E-state index contributed by atoms with van der Waals surface area (Å²) >= 11 is 0. The van der Waals surface area contributed by atoms with Gasteiger partial charge in [-0.25, -0.2) is 0 Å². The van der Waals surface area contributed by atoms with E-state index in [0.29, 0.717) is 5.41 Å². The first-order valence-electron chi connectivity index (χ1n) is 6.83. The summed E-state index contributed by atoms with van der Waals surface area (Å²) in [6, 6.07) is 0. The molecule has 3 heteroatoms. The molecule has 1 unspecified atom stereocenters. The van der Waals surface area contributed by atoms with Crippen molar-refractivity contribution >= 4 is 0 Å². The van der Waals surface area contributed by atoms with Gasteiger partial charge >= 0.3 is 0 Å². The summed E-state index contributed by atoms with van der Waals surface area (Å²) in [6.45, 7) is 5.78. The quantitative estimate of drug-likeness (QED) is 0.664. The molecule has 2 rings (SSSR count). The van der Waals surface area contributed by atoms with Crippen LogP contribution in [0.15, 0.2) is 0 Å². The van der Waals surface area contributed by atoms with Crippen LogP contribution in [0, 0.1) is 11.3 Å². The van der Waals surface area contributed by atoms with Gasteiger partial charge in [0.1, 0.15) is 0 Å². The van der Waals surface area contributed by atoms with Gasteiger partial charge in [0.2, 0.25) is 0 Å². The molecule has 2 fully saturated rings. The van der Waals surface area contributed by atoms with Crippen molar-refractivity contribution in [3.05, 3.63) is 0 Å². The SMILES string of the molecule is CN1CCC(CCNCC2(CN)CCC2)C1. The Hall–Kier alpha value is -0.120. The van der Waals surface area contributed by atoms with Crippen molar-refractivity contribution in [1.82, 2.24) is 10.2 Å². The predicted molar refractivity (Wildman–Crippen MR) is 68.4 cm³/mol. The molecular weight excluding hydrogens is 198 g/mol. The van der Waals surface area contributed by atoms with Gasteiger partial charge in [0.05, 0.1) is 0 Å².